The number of carboxylic acids is 1. The van der Waals surface area contributed by atoms with Crippen LogP contribution in [0.15, 0.2) is 30.3 Å². The summed E-state index contributed by atoms with van der Waals surface area (Å²) in [6.45, 7) is 0.696. The molecule has 1 aromatic rings. The number of carbonyl (C=O) groups excluding carboxylic acids is 1. The van der Waals surface area contributed by atoms with Crippen LogP contribution in [0.3, 0.4) is 0 Å². The van der Waals surface area contributed by atoms with Gasteiger partial charge in [0.15, 0.2) is 0 Å². The van der Waals surface area contributed by atoms with Crippen LogP contribution in [-0.4, -0.2) is 70.5 Å². The van der Waals surface area contributed by atoms with Gasteiger partial charge < -0.3 is 14.4 Å². The molecule has 0 fully saturated rings. The van der Waals surface area contributed by atoms with Crippen molar-refractivity contribution in [1.29, 1.82) is 0 Å². The zero-order valence-electron chi connectivity index (χ0n) is 16.1. The van der Waals surface area contributed by atoms with Gasteiger partial charge in [0.05, 0.1) is 33.7 Å². The van der Waals surface area contributed by atoms with Crippen LogP contribution in [0.4, 0.5) is 0 Å². The third-order valence-electron chi connectivity index (χ3n) is 4.07. The molecule has 0 aliphatic rings. The minimum atomic E-state index is -3.74. The van der Waals surface area contributed by atoms with Crippen LogP contribution in [0.2, 0.25) is 0 Å². The van der Waals surface area contributed by atoms with E-state index in [1.807, 2.05) is 51.5 Å². The van der Waals surface area contributed by atoms with E-state index in [0.29, 0.717) is 24.0 Å². The molecule has 8 heteroatoms. The van der Waals surface area contributed by atoms with Gasteiger partial charge in [-0.15, -0.1) is 0 Å². The minimum Gasteiger partial charge on any atom is -0.550 e. The van der Waals surface area contributed by atoms with Crippen LogP contribution in [0, 0.1) is 0 Å². The Morgan fingerprint density at radius 2 is 1.81 bits per heavy atom. The second-order valence-electron chi connectivity index (χ2n) is 7.56. The number of benzene rings is 1. The fourth-order valence-corrected chi connectivity index (χ4v) is 3.87. The van der Waals surface area contributed by atoms with E-state index < -0.39 is 22.2 Å². The van der Waals surface area contributed by atoms with Crippen molar-refractivity contribution in [2.45, 2.75) is 31.7 Å². The number of nitrogens with one attached hydrogen (secondary N) is 1. The van der Waals surface area contributed by atoms with Crippen molar-refractivity contribution in [3.8, 4) is 0 Å². The second-order valence-corrected chi connectivity index (χ2v) is 9.38. The summed E-state index contributed by atoms with van der Waals surface area (Å²) in [5, 5.41) is 11.0. The lowest BCUT2D eigenvalue weighted by atomic mass is 10.1. The zero-order chi connectivity index (χ0) is 19.8. The molecule has 0 saturated heterocycles. The van der Waals surface area contributed by atoms with E-state index in [1.165, 1.54) is 12.6 Å². The quantitative estimate of drug-likeness (QED) is 0.405. The fourth-order valence-electron chi connectivity index (χ4n) is 2.73. The van der Waals surface area contributed by atoms with Crippen LogP contribution in [0.1, 0.15) is 24.8 Å². The van der Waals surface area contributed by atoms with E-state index >= 15 is 0 Å². The van der Waals surface area contributed by atoms with Crippen LogP contribution in [0.5, 0.6) is 0 Å². The highest BCUT2D eigenvalue weighted by Crippen LogP contribution is 2.11. The highest BCUT2D eigenvalue weighted by molar-refractivity contribution is 7.87. The molecular formula is C18H31N3O4S. The van der Waals surface area contributed by atoms with Gasteiger partial charge in [0.25, 0.3) is 10.2 Å². The van der Waals surface area contributed by atoms with Crippen molar-refractivity contribution >= 4 is 16.2 Å². The summed E-state index contributed by atoms with van der Waals surface area (Å²) < 4.78 is 29.1. The summed E-state index contributed by atoms with van der Waals surface area (Å²) in [4.78, 5) is 11.0. The van der Waals surface area contributed by atoms with Gasteiger partial charge in [0, 0.05) is 26.0 Å². The molecule has 0 spiro atoms. The highest BCUT2D eigenvalue weighted by atomic mass is 32.2. The Hall–Kier alpha value is -1.48. The first kappa shape index (κ1) is 22.6. The summed E-state index contributed by atoms with van der Waals surface area (Å²) in [6.07, 6.45) is 2.15. The Morgan fingerprint density at radius 3 is 2.35 bits per heavy atom. The summed E-state index contributed by atoms with van der Waals surface area (Å²) in [6, 6.07) is 9.37. The number of carboxylic acid groups (broad SMARTS) is 1. The van der Waals surface area contributed by atoms with Gasteiger partial charge >= 0.3 is 0 Å². The number of unbranched alkanes of at least 4 members (excludes halogenated alkanes) is 1. The molecule has 0 amide bonds. The van der Waals surface area contributed by atoms with E-state index in [9.17, 15) is 18.3 Å². The standard InChI is InChI=1S/C18H31N3O4S/c1-20(17(14-18(22)23)15-21(2,3)4)26(24,25)19-13-9-8-12-16-10-6-5-7-11-16/h5-7,10-11,17,19H,8-9,12-15H2,1-4H3. The highest BCUT2D eigenvalue weighted by Gasteiger charge is 2.30. The average Bonchev–Trinajstić information content (AvgIpc) is 2.52. The number of aryl methyl sites for hydroxylation is 1. The van der Waals surface area contributed by atoms with E-state index in [2.05, 4.69) is 4.72 Å². The fraction of sp³-hybridized carbons (Fsp3) is 0.611. The number of hydrogen-bond acceptors (Lipinski definition) is 4. The number of rotatable bonds is 12. The molecular weight excluding hydrogens is 354 g/mol. The molecule has 1 atom stereocenters. The number of likely N-dealkylation sites (N-methyl/N-ethyl adjacent to an activating group) is 2. The first-order chi connectivity index (χ1) is 12.0. The summed E-state index contributed by atoms with van der Waals surface area (Å²) in [5.74, 6) is -1.26. The normalized spacial score (nSPS) is 13.7. The molecule has 0 bridgehead atoms. The molecule has 0 radical (unpaired) electrons. The maximum Gasteiger partial charge on any atom is 0.279 e. The third-order valence-corrected chi connectivity index (χ3v) is 5.70. The van der Waals surface area contributed by atoms with Crippen molar-refractivity contribution in [1.82, 2.24) is 9.03 Å². The Balaban J connectivity index is 2.53. The zero-order valence-corrected chi connectivity index (χ0v) is 17.0. The largest absolute Gasteiger partial charge is 0.550 e. The van der Waals surface area contributed by atoms with Gasteiger partial charge in [-0.2, -0.15) is 12.7 Å². The van der Waals surface area contributed by atoms with Crippen molar-refractivity contribution in [3.05, 3.63) is 35.9 Å². The lowest BCUT2D eigenvalue weighted by Gasteiger charge is -2.34. The number of carbonyl (C=O) groups is 1. The van der Waals surface area contributed by atoms with Crippen LogP contribution >= 0.6 is 0 Å². The minimum absolute atomic E-state index is 0.321. The molecule has 1 N–H and O–H groups in total. The van der Waals surface area contributed by atoms with Crippen molar-refractivity contribution in [3.63, 3.8) is 0 Å². The molecule has 1 rings (SSSR count). The second kappa shape index (κ2) is 10.0. The topological polar surface area (TPSA) is 89.5 Å². The SMILES string of the molecule is CN(C(CC(=O)[O-])C[N+](C)(C)C)S(=O)(=O)NCCCCc1ccccc1. The molecule has 7 nitrogen and oxygen atoms in total. The molecule has 26 heavy (non-hydrogen) atoms. The van der Waals surface area contributed by atoms with Crippen molar-refractivity contribution in [2.24, 2.45) is 0 Å². The predicted molar refractivity (Wildman–Crippen MR) is 100 cm³/mol. The monoisotopic (exact) mass is 385 g/mol. The first-order valence-electron chi connectivity index (χ1n) is 8.78. The third kappa shape index (κ3) is 8.75. The maximum absolute atomic E-state index is 12.5. The molecule has 0 aliphatic heterocycles. The molecule has 1 aromatic carbocycles. The van der Waals surface area contributed by atoms with Gasteiger partial charge in [-0.25, -0.2) is 4.72 Å². The number of hydrogen-bond donors (Lipinski definition) is 1. The van der Waals surface area contributed by atoms with Gasteiger partial charge in [0.2, 0.25) is 0 Å². The van der Waals surface area contributed by atoms with Gasteiger partial charge in [-0.05, 0) is 24.8 Å². The van der Waals surface area contributed by atoms with Crippen LogP contribution < -0.4 is 9.83 Å². The predicted octanol–water partition coefficient (Wildman–Crippen LogP) is -0.00970. The average molecular weight is 386 g/mol. The van der Waals surface area contributed by atoms with E-state index in [1.54, 1.807) is 0 Å². The molecule has 0 aromatic heterocycles. The van der Waals surface area contributed by atoms with Crippen LogP contribution in [0.25, 0.3) is 0 Å². The molecule has 148 valence electrons. The van der Waals surface area contributed by atoms with E-state index in [-0.39, 0.29) is 6.42 Å². The molecule has 0 heterocycles. The lowest BCUT2D eigenvalue weighted by molar-refractivity contribution is -0.872. The maximum atomic E-state index is 12.5. The number of aliphatic carboxylic acids is 1. The van der Waals surface area contributed by atoms with Gasteiger partial charge in [-0.3, -0.25) is 0 Å². The Kier molecular flexibility index (Phi) is 8.69. The van der Waals surface area contributed by atoms with Gasteiger partial charge in [0.1, 0.15) is 0 Å². The molecule has 1 unspecified atom stereocenters. The molecule has 0 saturated carbocycles. The first-order valence-corrected chi connectivity index (χ1v) is 10.2. The van der Waals surface area contributed by atoms with Crippen molar-refractivity contribution in [2.75, 3.05) is 41.3 Å². The van der Waals surface area contributed by atoms with Crippen molar-refractivity contribution < 1.29 is 22.8 Å². The lowest BCUT2D eigenvalue weighted by Crippen LogP contribution is -2.53. The number of nitrogens with zero attached hydrogens (tertiary/aromatic N) is 2. The summed E-state index contributed by atoms with van der Waals surface area (Å²) >= 11 is 0. The van der Waals surface area contributed by atoms with E-state index in [0.717, 1.165) is 17.1 Å². The van der Waals surface area contributed by atoms with Gasteiger partial charge in [-0.1, -0.05) is 30.3 Å². The Labute approximate surface area is 157 Å². The number of quaternary nitrogens is 1. The van der Waals surface area contributed by atoms with E-state index in [4.69, 9.17) is 0 Å². The Morgan fingerprint density at radius 1 is 1.19 bits per heavy atom. The Bertz CT molecular complexity index is 657. The summed E-state index contributed by atoms with van der Waals surface area (Å²) in [5.41, 5.74) is 1.23. The van der Waals surface area contributed by atoms with Crippen LogP contribution in [-0.2, 0) is 21.4 Å². The molecule has 0 aliphatic carbocycles. The smallest absolute Gasteiger partial charge is 0.279 e. The summed E-state index contributed by atoms with van der Waals surface area (Å²) in [7, 11) is 3.34.